The largest absolute Gasteiger partial charge is 0.392 e. The van der Waals surface area contributed by atoms with Crippen molar-refractivity contribution in [1.29, 1.82) is 0 Å². The van der Waals surface area contributed by atoms with Crippen molar-refractivity contribution in [3.05, 3.63) is 64.8 Å². The van der Waals surface area contributed by atoms with E-state index < -0.39 is 18.7 Å². The minimum Gasteiger partial charge on any atom is -0.392 e. The van der Waals surface area contributed by atoms with Crippen LogP contribution in [-0.2, 0) is 0 Å². The number of halogens is 3. The fourth-order valence-electron chi connectivity index (χ4n) is 4.08. The van der Waals surface area contributed by atoms with Gasteiger partial charge < -0.3 is 5.11 Å². The Labute approximate surface area is 146 Å². The Bertz CT molecular complexity index is 744. The van der Waals surface area contributed by atoms with Crippen LogP contribution in [0.5, 0.6) is 0 Å². The van der Waals surface area contributed by atoms with Crippen LogP contribution in [0, 0.1) is 5.41 Å². The molecule has 0 aromatic heterocycles. The predicted octanol–water partition coefficient (Wildman–Crippen LogP) is 5.48. The monoisotopic (exact) mass is 348 g/mol. The summed E-state index contributed by atoms with van der Waals surface area (Å²) in [5.41, 5.74) is -0.893. The molecule has 1 unspecified atom stereocenters. The molecule has 0 fully saturated rings. The first kappa shape index (κ1) is 18.0. The molecule has 4 heteroatoms. The highest BCUT2D eigenvalue weighted by Gasteiger charge is 2.49. The highest BCUT2D eigenvalue weighted by atomic mass is 19.3. The standard InChI is InChI=1S/C21H23F3O/c1-20(2)10-6-9-18(20)21(24)12-15(13-25)16(19(22)23)11-17(21)14-7-4-3-5-8-14/h3-5,7-9,11,19,25H,6,10,12-13H2,1-2H3. The molecule has 1 aromatic carbocycles. The van der Waals surface area contributed by atoms with E-state index in [0.717, 1.165) is 12.8 Å². The van der Waals surface area contributed by atoms with E-state index in [2.05, 4.69) is 0 Å². The molecule has 25 heavy (non-hydrogen) atoms. The van der Waals surface area contributed by atoms with E-state index >= 15 is 4.39 Å². The van der Waals surface area contributed by atoms with Gasteiger partial charge in [0.05, 0.1) is 6.61 Å². The molecule has 1 N–H and O–H groups in total. The summed E-state index contributed by atoms with van der Waals surface area (Å²) in [5.74, 6) is 0. The minimum absolute atomic E-state index is 0.0841. The number of aliphatic hydroxyl groups is 1. The number of hydrogen-bond donors (Lipinski definition) is 1. The van der Waals surface area contributed by atoms with Crippen molar-refractivity contribution in [2.75, 3.05) is 6.61 Å². The molecule has 2 aliphatic rings. The van der Waals surface area contributed by atoms with Gasteiger partial charge in [-0.25, -0.2) is 13.2 Å². The zero-order valence-corrected chi connectivity index (χ0v) is 14.5. The summed E-state index contributed by atoms with van der Waals surface area (Å²) in [6.07, 6.45) is 1.80. The van der Waals surface area contributed by atoms with Crippen molar-refractivity contribution in [3.63, 3.8) is 0 Å². The van der Waals surface area contributed by atoms with E-state index in [4.69, 9.17) is 0 Å². The van der Waals surface area contributed by atoms with E-state index in [1.54, 1.807) is 24.3 Å². The predicted molar refractivity (Wildman–Crippen MR) is 94.1 cm³/mol. The number of rotatable bonds is 4. The number of aliphatic hydroxyl groups excluding tert-OH is 1. The summed E-state index contributed by atoms with van der Waals surface area (Å²) >= 11 is 0. The molecule has 134 valence electrons. The third kappa shape index (κ3) is 3.08. The normalized spacial score (nSPS) is 26.0. The third-order valence-corrected chi connectivity index (χ3v) is 5.38. The summed E-state index contributed by atoms with van der Waals surface area (Å²) in [4.78, 5) is 0. The molecule has 2 aliphatic carbocycles. The molecule has 1 atom stereocenters. The molecule has 0 saturated carbocycles. The van der Waals surface area contributed by atoms with Crippen LogP contribution in [-0.4, -0.2) is 23.8 Å². The van der Waals surface area contributed by atoms with Gasteiger partial charge in [-0.05, 0) is 41.0 Å². The lowest BCUT2D eigenvalue weighted by Gasteiger charge is -2.40. The zero-order chi connectivity index (χ0) is 18.2. The maximum absolute atomic E-state index is 16.5. The second kappa shape index (κ2) is 6.49. The molecule has 1 aromatic rings. The van der Waals surface area contributed by atoms with Gasteiger partial charge in [0.15, 0.2) is 5.67 Å². The van der Waals surface area contributed by atoms with E-state index in [1.807, 2.05) is 26.0 Å². The maximum atomic E-state index is 16.5. The number of allylic oxidation sites excluding steroid dienone is 5. The van der Waals surface area contributed by atoms with Crippen molar-refractivity contribution in [3.8, 4) is 0 Å². The van der Waals surface area contributed by atoms with Gasteiger partial charge >= 0.3 is 0 Å². The molecule has 0 spiro atoms. The van der Waals surface area contributed by atoms with Crippen LogP contribution in [0.15, 0.2) is 59.2 Å². The van der Waals surface area contributed by atoms with Crippen molar-refractivity contribution >= 4 is 5.57 Å². The molecule has 0 amide bonds. The first-order valence-electron chi connectivity index (χ1n) is 8.58. The third-order valence-electron chi connectivity index (χ3n) is 5.38. The fourth-order valence-corrected chi connectivity index (χ4v) is 4.08. The summed E-state index contributed by atoms with van der Waals surface area (Å²) in [6.45, 7) is 3.42. The molecular formula is C21H23F3O. The van der Waals surface area contributed by atoms with Crippen LogP contribution < -0.4 is 0 Å². The van der Waals surface area contributed by atoms with E-state index in [0.29, 0.717) is 11.1 Å². The Morgan fingerprint density at radius 3 is 2.36 bits per heavy atom. The van der Waals surface area contributed by atoms with Crippen LogP contribution in [0.25, 0.3) is 5.57 Å². The summed E-state index contributed by atoms with van der Waals surface area (Å²) in [6, 6.07) is 8.86. The van der Waals surface area contributed by atoms with E-state index in [1.165, 1.54) is 6.08 Å². The summed E-state index contributed by atoms with van der Waals surface area (Å²) in [7, 11) is 0. The number of benzene rings is 1. The number of alkyl halides is 3. The van der Waals surface area contributed by atoms with Gasteiger partial charge in [-0.15, -0.1) is 0 Å². The van der Waals surface area contributed by atoms with Crippen LogP contribution in [0.2, 0.25) is 0 Å². The Hall–Kier alpha value is -1.81. The highest BCUT2D eigenvalue weighted by molar-refractivity contribution is 5.80. The lowest BCUT2D eigenvalue weighted by molar-refractivity contribution is 0.181. The molecule has 0 radical (unpaired) electrons. The fraction of sp³-hybridized carbons (Fsp3) is 0.429. The second-order valence-corrected chi connectivity index (χ2v) is 7.46. The first-order valence-corrected chi connectivity index (χ1v) is 8.58. The first-order chi connectivity index (χ1) is 11.8. The average Bonchev–Trinajstić information content (AvgIpc) is 2.95. The zero-order valence-electron chi connectivity index (χ0n) is 14.5. The van der Waals surface area contributed by atoms with Gasteiger partial charge in [-0.2, -0.15) is 0 Å². The Balaban J connectivity index is 2.20. The van der Waals surface area contributed by atoms with Crippen molar-refractivity contribution in [2.45, 2.75) is 45.2 Å². The molecule has 3 rings (SSSR count). The topological polar surface area (TPSA) is 20.2 Å². The van der Waals surface area contributed by atoms with Crippen LogP contribution >= 0.6 is 0 Å². The molecule has 0 heterocycles. The van der Waals surface area contributed by atoms with Crippen LogP contribution in [0.3, 0.4) is 0 Å². The van der Waals surface area contributed by atoms with Gasteiger partial charge in [0.25, 0.3) is 6.43 Å². The van der Waals surface area contributed by atoms with Crippen LogP contribution in [0.1, 0.15) is 38.7 Å². The molecule has 1 nitrogen and oxygen atoms in total. The average molecular weight is 348 g/mol. The Kier molecular flexibility index (Phi) is 4.67. The van der Waals surface area contributed by atoms with Crippen molar-refractivity contribution in [2.24, 2.45) is 5.41 Å². The Morgan fingerprint density at radius 1 is 1.16 bits per heavy atom. The minimum atomic E-state index is -2.74. The van der Waals surface area contributed by atoms with Gasteiger partial charge in [0.2, 0.25) is 0 Å². The van der Waals surface area contributed by atoms with Gasteiger partial charge in [-0.3, -0.25) is 0 Å². The highest BCUT2D eigenvalue weighted by Crippen LogP contribution is 2.55. The smallest absolute Gasteiger partial charge is 0.263 e. The quantitative estimate of drug-likeness (QED) is 0.714. The molecule has 0 saturated heterocycles. The molecular weight excluding hydrogens is 325 g/mol. The van der Waals surface area contributed by atoms with Crippen LogP contribution in [0.4, 0.5) is 13.2 Å². The molecule has 0 bridgehead atoms. The van der Waals surface area contributed by atoms with Gasteiger partial charge in [-0.1, -0.05) is 50.3 Å². The van der Waals surface area contributed by atoms with Crippen molar-refractivity contribution < 1.29 is 18.3 Å². The molecule has 0 aliphatic heterocycles. The SMILES string of the molecule is CC1(C)CCC=C1C1(F)CC(CO)=C(C(F)F)C=C1c1ccccc1. The summed E-state index contributed by atoms with van der Waals surface area (Å²) < 4.78 is 43.4. The summed E-state index contributed by atoms with van der Waals surface area (Å²) in [5, 5.41) is 9.57. The second-order valence-electron chi connectivity index (χ2n) is 7.46. The number of hydrogen-bond acceptors (Lipinski definition) is 1. The van der Waals surface area contributed by atoms with E-state index in [9.17, 15) is 13.9 Å². The Morgan fingerprint density at radius 2 is 1.84 bits per heavy atom. The van der Waals surface area contributed by atoms with Gasteiger partial charge in [0, 0.05) is 17.6 Å². The maximum Gasteiger partial charge on any atom is 0.263 e. The van der Waals surface area contributed by atoms with Crippen molar-refractivity contribution in [1.82, 2.24) is 0 Å². The lowest BCUT2D eigenvalue weighted by atomic mass is 9.68. The lowest BCUT2D eigenvalue weighted by Crippen LogP contribution is -2.37. The van der Waals surface area contributed by atoms with E-state index in [-0.39, 0.29) is 28.6 Å². The van der Waals surface area contributed by atoms with Gasteiger partial charge in [0.1, 0.15) is 0 Å².